The van der Waals surface area contributed by atoms with Crippen LogP contribution in [0.4, 0.5) is 0 Å². The molecule has 0 bridgehead atoms. The molecule has 0 fully saturated rings. The lowest BCUT2D eigenvalue weighted by atomic mass is 10.6. The Kier molecular flexibility index (Phi) is 3.05. The topological polar surface area (TPSA) is 39.2 Å². The van der Waals surface area contributed by atoms with Gasteiger partial charge in [-0.25, -0.2) is 9.78 Å². The molecule has 0 aliphatic carbocycles. The van der Waals surface area contributed by atoms with E-state index in [1.807, 2.05) is 0 Å². The minimum Gasteiger partial charge on any atom is -0.461 e. The third kappa shape index (κ3) is 1.95. The Balaban J connectivity index is 2.82. The van der Waals surface area contributed by atoms with Crippen LogP contribution in [0.1, 0.15) is 22.4 Å². The van der Waals surface area contributed by atoms with Crippen molar-refractivity contribution in [3.63, 3.8) is 0 Å². The number of hydrogen-bond acceptors (Lipinski definition) is 4. The van der Waals surface area contributed by atoms with Crippen molar-refractivity contribution in [2.45, 2.75) is 13.8 Å². The third-order valence-electron chi connectivity index (χ3n) is 1.19. The van der Waals surface area contributed by atoms with Crippen LogP contribution in [-0.4, -0.2) is 17.6 Å². The molecule has 0 spiro atoms. The van der Waals surface area contributed by atoms with Crippen molar-refractivity contribution >= 4 is 28.9 Å². The number of aryl methyl sites for hydroxylation is 1. The second-order valence-electron chi connectivity index (χ2n) is 2.10. The molecule has 0 atom stereocenters. The van der Waals surface area contributed by atoms with E-state index in [2.05, 4.69) is 4.98 Å². The highest BCUT2D eigenvalue weighted by molar-refractivity contribution is 7.17. The second kappa shape index (κ2) is 3.87. The van der Waals surface area contributed by atoms with Crippen molar-refractivity contribution < 1.29 is 9.53 Å². The fourth-order valence-corrected chi connectivity index (χ4v) is 1.61. The van der Waals surface area contributed by atoms with E-state index < -0.39 is 5.97 Å². The predicted octanol–water partition coefficient (Wildman–Crippen LogP) is 2.28. The van der Waals surface area contributed by atoms with E-state index >= 15 is 0 Å². The van der Waals surface area contributed by atoms with Gasteiger partial charge >= 0.3 is 5.97 Å². The number of hydrogen-bond donors (Lipinski definition) is 0. The van der Waals surface area contributed by atoms with Gasteiger partial charge in [0.1, 0.15) is 4.34 Å². The third-order valence-corrected chi connectivity index (χ3v) is 2.62. The summed E-state index contributed by atoms with van der Waals surface area (Å²) in [4.78, 5) is 15.0. The van der Waals surface area contributed by atoms with E-state index in [0.717, 1.165) is 11.3 Å². The Morgan fingerprint density at radius 3 is 2.83 bits per heavy atom. The van der Waals surface area contributed by atoms with Gasteiger partial charge in [0.15, 0.2) is 0 Å². The van der Waals surface area contributed by atoms with Gasteiger partial charge in [0.25, 0.3) is 0 Å². The summed E-state index contributed by atoms with van der Waals surface area (Å²) in [5.41, 5.74) is 0.671. The zero-order valence-electron chi connectivity index (χ0n) is 6.76. The monoisotopic (exact) mass is 205 g/mol. The molecule has 0 saturated heterocycles. The SMILES string of the molecule is CCOC(=O)c1nc(C)c(Cl)s1. The molecule has 5 heteroatoms. The van der Waals surface area contributed by atoms with Crippen LogP contribution in [0.3, 0.4) is 0 Å². The van der Waals surface area contributed by atoms with E-state index in [1.54, 1.807) is 13.8 Å². The van der Waals surface area contributed by atoms with Crippen LogP contribution >= 0.6 is 22.9 Å². The minimum atomic E-state index is -0.405. The highest BCUT2D eigenvalue weighted by Crippen LogP contribution is 2.23. The Hall–Kier alpha value is -0.610. The van der Waals surface area contributed by atoms with Gasteiger partial charge in [0.05, 0.1) is 12.3 Å². The van der Waals surface area contributed by atoms with Gasteiger partial charge in [-0.1, -0.05) is 22.9 Å². The molecule has 0 amide bonds. The van der Waals surface area contributed by atoms with Gasteiger partial charge in [-0.15, -0.1) is 0 Å². The van der Waals surface area contributed by atoms with Crippen molar-refractivity contribution in [1.29, 1.82) is 0 Å². The number of esters is 1. The number of rotatable bonds is 2. The van der Waals surface area contributed by atoms with Crippen LogP contribution < -0.4 is 0 Å². The van der Waals surface area contributed by atoms with Crippen LogP contribution in [0, 0.1) is 6.92 Å². The maximum absolute atomic E-state index is 11.1. The molecular formula is C7H8ClNO2S. The predicted molar refractivity (Wildman–Crippen MR) is 47.8 cm³/mol. The smallest absolute Gasteiger partial charge is 0.367 e. The summed E-state index contributed by atoms with van der Waals surface area (Å²) in [6.07, 6.45) is 0. The first-order valence-corrected chi connectivity index (χ1v) is 4.64. The first-order valence-electron chi connectivity index (χ1n) is 3.45. The van der Waals surface area contributed by atoms with Crippen molar-refractivity contribution in [2.24, 2.45) is 0 Å². The number of ether oxygens (including phenoxy) is 1. The van der Waals surface area contributed by atoms with Gasteiger partial charge in [-0.2, -0.15) is 0 Å². The van der Waals surface area contributed by atoms with Crippen molar-refractivity contribution in [1.82, 2.24) is 4.98 Å². The molecular weight excluding hydrogens is 198 g/mol. The zero-order valence-corrected chi connectivity index (χ0v) is 8.33. The van der Waals surface area contributed by atoms with E-state index in [1.165, 1.54) is 0 Å². The fraction of sp³-hybridized carbons (Fsp3) is 0.429. The van der Waals surface area contributed by atoms with Crippen LogP contribution in [-0.2, 0) is 4.74 Å². The molecule has 0 N–H and O–H groups in total. The number of nitrogens with zero attached hydrogens (tertiary/aromatic N) is 1. The van der Waals surface area contributed by atoms with Gasteiger partial charge in [-0.3, -0.25) is 0 Å². The van der Waals surface area contributed by atoms with Gasteiger partial charge in [0, 0.05) is 0 Å². The van der Waals surface area contributed by atoms with Crippen molar-refractivity contribution in [2.75, 3.05) is 6.61 Å². The van der Waals surface area contributed by atoms with E-state index in [-0.39, 0.29) is 0 Å². The normalized spacial score (nSPS) is 9.92. The van der Waals surface area contributed by atoms with Gasteiger partial charge in [0.2, 0.25) is 5.01 Å². The van der Waals surface area contributed by atoms with Gasteiger partial charge in [-0.05, 0) is 13.8 Å². The van der Waals surface area contributed by atoms with E-state index in [4.69, 9.17) is 16.3 Å². The Labute approximate surface area is 79.3 Å². The van der Waals surface area contributed by atoms with Crippen LogP contribution in [0.15, 0.2) is 0 Å². The van der Waals surface area contributed by atoms with Crippen molar-refractivity contribution in [3.8, 4) is 0 Å². The summed E-state index contributed by atoms with van der Waals surface area (Å²) in [5.74, 6) is -0.405. The van der Waals surface area contributed by atoms with Crippen LogP contribution in [0.25, 0.3) is 0 Å². The van der Waals surface area contributed by atoms with Crippen molar-refractivity contribution in [3.05, 3.63) is 15.0 Å². The second-order valence-corrected chi connectivity index (χ2v) is 3.70. The molecule has 3 nitrogen and oxygen atoms in total. The highest BCUT2D eigenvalue weighted by atomic mass is 35.5. The lowest BCUT2D eigenvalue weighted by Crippen LogP contribution is -2.03. The maximum atomic E-state index is 11.1. The van der Waals surface area contributed by atoms with E-state index in [0.29, 0.717) is 21.6 Å². The first-order chi connectivity index (χ1) is 5.65. The zero-order chi connectivity index (χ0) is 9.14. The summed E-state index contributed by atoms with van der Waals surface area (Å²) in [7, 11) is 0. The Morgan fingerprint density at radius 1 is 1.75 bits per heavy atom. The average Bonchev–Trinajstić information content (AvgIpc) is 2.33. The molecule has 66 valence electrons. The summed E-state index contributed by atoms with van der Waals surface area (Å²) in [5, 5.41) is 0.319. The summed E-state index contributed by atoms with van der Waals surface area (Å²) in [6.45, 7) is 3.86. The number of aromatic nitrogens is 1. The molecule has 1 rings (SSSR count). The molecule has 0 unspecified atom stereocenters. The molecule has 12 heavy (non-hydrogen) atoms. The summed E-state index contributed by atoms with van der Waals surface area (Å²) in [6, 6.07) is 0. The van der Waals surface area contributed by atoms with E-state index in [9.17, 15) is 4.79 Å². The Morgan fingerprint density at radius 2 is 2.42 bits per heavy atom. The number of carbonyl (C=O) groups is 1. The molecule has 0 saturated carbocycles. The lowest BCUT2D eigenvalue weighted by molar-refractivity contribution is 0.0526. The largest absolute Gasteiger partial charge is 0.461 e. The molecule has 1 heterocycles. The number of thiazole rings is 1. The average molecular weight is 206 g/mol. The van der Waals surface area contributed by atoms with Crippen LogP contribution in [0.5, 0.6) is 0 Å². The Bertz CT molecular complexity index is 278. The first kappa shape index (κ1) is 9.48. The maximum Gasteiger partial charge on any atom is 0.367 e. The molecule has 1 aromatic rings. The van der Waals surface area contributed by atoms with Crippen LogP contribution in [0.2, 0.25) is 4.34 Å². The molecule has 0 aliphatic heterocycles. The molecule has 1 aromatic heterocycles. The molecule has 0 aromatic carbocycles. The number of halogens is 1. The quantitative estimate of drug-likeness (QED) is 0.696. The van der Waals surface area contributed by atoms with Gasteiger partial charge < -0.3 is 4.74 Å². The number of carbonyl (C=O) groups excluding carboxylic acids is 1. The summed E-state index contributed by atoms with van der Waals surface area (Å²) < 4.78 is 5.29. The minimum absolute atomic E-state index is 0.319. The summed E-state index contributed by atoms with van der Waals surface area (Å²) >= 11 is 6.86. The fourth-order valence-electron chi connectivity index (χ4n) is 0.658. The standard InChI is InChI=1S/C7H8ClNO2S/c1-3-11-7(10)6-9-4(2)5(8)12-6/h3H2,1-2H3. The molecule has 0 radical (unpaired) electrons. The molecule has 0 aliphatic rings. The lowest BCUT2D eigenvalue weighted by Gasteiger charge is -1.94. The highest BCUT2D eigenvalue weighted by Gasteiger charge is 2.13.